The molecule has 1 unspecified atom stereocenters. The van der Waals surface area contributed by atoms with Crippen LogP contribution in [0.15, 0.2) is 12.1 Å². The maximum atomic E-state index is 13.8. The van der Waals surface area contributed by atoms with Gasteiger partial charge in [0, 0.05) is 50.9 Å². The molecule has 144 valence electrons. The Balaban J connectivity index is 1.52. The van der Waals surface area contributed by atoms with Crippen LogP contribution in [0, 0.1) is 17.5 Å². The second-order valence-corrected chi connectivity index (χ2v) is 6.81. The molecule has 2 heterocycles. The monoisotopic (exact) mass is 371 g/mol. The first-order valence-corrected chi connectivity index (χ1v) is 9.01. The maximum absolute atomic E-state index is 13.8. The first-order chi connectivity index (χ1) is 12.5. The molecule has 0 bridgehead atoms. The Bertz CT molecular complexity index is 615. The zero-order valence-electron chi connectivity index (χ0n) is 14.6. The number of hydrogen-bond donors (Lipinski definition) is 1. The predicted molar refractivity (Wildman–Crippen MR) is 90.5 cm³/mol. The third kappa shape index (κ3) is 4.96. The van der Waals surface area contributed by atoms with Gasteiger partial charge in [-0.2, -0.15) is 0 Å². The van der Waals surface area contributed by atoms with Crippen LogP contribution in [0.3, 0.4) is 0 Å². The van der Waals surface area contributed by atoms with E-state index in [1.807, 2.05) is 0 Å². The molecule has 0 aromatic heterocycles. The van der Waals surface area contributed by atoms with E-state index in [-0.39, 0.29) is 6.04 Å². The third-order valence-electron chi connectivity index (χ3n) is 4.91. The van der Waals surface area contributed by atoms with Crippen LogP contribution in [0.4, 0.5) is 13.2 Å². The van der Waals surface area contributed by atoms with Gasteiger partial charge in [-0.3, -0.25) is 9.69 Å². The molecule has 2 aliphatic heterocycles. The second kappa shape index (κ2) is 8.83. The molecule has 1 atom stereocenters. The van der Waals surface area contributed by atoms with Crippen molar-refractivity contribution < 1.29 is 22.7 Å². The van der Waals surface area contributed by atoms with E-state index in [4.69, 9.17) is 4.74 Å². The van der Waals surface area contributed by atoms with Crippen LogP contribution in [0.2, 0.25) is 0 Å². The van der Waals surface area contributed by atoms with Crippen LogP contribution >= 0.6 is 0 Å². The van der Waals surface area contributed by atoms with Crippen LogP contribution in [0.1, 0.15) is 23.2 Å². The number of nitrogens with one attached hydrogen (secondary N) is 1. The number of benzene rings is 1. The minimum absolute atomic E-state index is 0.176. The van der Waals surface area contributed by atoms with Crippen molar-refractivity contribution in [1.29, 1.82) is 0 Å². The number of halogens is 3. The summed E-state index contributed by atoms with van der Waals surface area (Å²) in [6.45, 7) is 6.77. The fourth-order valence-electron chi connectivity index (χ4n) is 3.50. The van der Waals surface area contributed by atoms with Gasteiger partial charge in [-0.1, -0.05) is 0 Å². The van der Waals surface area contributed by atoms with Crippen molar-refractivity contribution in [3.8, 4) is 0 Å². The molecule has 2 saturated heterocycles. The highest BCUT2D eigenvalue weighted by Gasteiger charge is 2.25. The summed E-state index contributed by atoms with van der Waals surface area (Å²) in [5.74, 6) is -4.23. The summed E-state index contributed by atoms with van der Waals surface area (Å²) in [5.41, 5.74) is -0.725. The lowest BCUT2D eigenvalue weighted by Gasteiger charge is -2.35. The fourth-order valence-corrected chi connectivity index (χ4v) is 3.50. The highest BCUT2D eigenvalue weighted by molar-refractivity contribution is 5.95. The quantitative estimate of drug-likeness (QED) is 0.855. The smallest absolute Gasteiger partial charge is 0.257 e. The third-order valence-corrected chi connectivity index (χ3v) is 4.91. The number of amides is 1. The van der Waals surface area contributed by atoms with Gasteiger partial charge in [0.15, 0.2) is 0 Å². The average molecular weight is 371 g/mol. The van der Waals surface area contributed by atoms with Crippen LogP contribution < -0.4 is 5.32 Å². The highest BCUT2D eigenvalue weighted by Crippen LogP contribution is 2.16. The minimum Gasteiger partial charge on any atom is -0.379 e. The van der Waals surface area contributed by atoms with Gasteiger partial charge < -0.3 is 15.0 Å². The summed E-state index contributed by atoms with van der Waals surface area (Å²) >= 11 is 0. The molecule has 26 heavy (non-hydrogen) atoms. The summed E-state index contributed by atoms with van der Waals surface area (Å²) in [6.07, 6.45) is 1.66. The standard InChI is InChI=1S/C18H24F3N3O2/c19-13-10-15(20)17(16(21)11-13)18(25)22-14-2-1-3-24(12-14)5-4-23-6-8-26-9-7-23/h10-11,14H,1-9,12H2,(H,22,25). The molecule has 0 radical (unpaired) electrons. The van der Waals surface area contributed by atoms with Crippen molar-refractivity contribution in [2.75, 3.05) is 52.5 Å². The minimum atomic E-state index is -1.18. The fraction of sp³-hybridized carbons (Fsp3) is 0.611. The van der Waals surface area contributed by atoms with Crippen molar-refractivity contribution in [3.63, 3.8) is 0 Å². The van der Waals surface area contributed by atoms with Gasteiger partial charge in [-0.05, 0) is 19.4 Å². The number of nitrogens with zero attached hydrogens (tertiary/aromatic N) is 2. The Kier molecular flexibility index (Phi) is 6.50. The number of carbonyl (C=O) groups is 1. The molecule has 5 nitrogen and oxygen atoms in total. The van der Waals surface area contributed by atoms with Crippen molar-refractivity contribution >= 4 is 5.91 Å². The molecule has 1 aromatic rings. The van der Waals surface area contributed by atoms with E-state index >= 15 is 0 Å². The van der Waals surface area contributed by atoms with E-state index in [1.165, 1.54) is 0 Å². The molecule has 8 heteroatoms. The van der Waals surface area contributed by atoms with Crippen molar-refractivity contribution in [2.45, 2.75) is 18.9 Å². The number of hydrogen-bond acceptors (Lipinski definition) is 4. The SMILES string of the molecule is O=C(NC1CCCN(CCN2CCOCC2)C1)c1c(F)cc(F)cc1F. The van der Waals surface area contributed by atoms with Gasteiger partial charge in [0.2, 0.25) is 0 Å². The molecular formula is C18H24F3N3O2. The zero-order chi connectivity index (χ0) is 18.5. The lowest BCUT2D eigenvalue weighted by molar-refractivity contribution is 0.0315. The number of rotatable bonds is 5. The number of ether oxygens (including phenoxy) is 1. The normalized spacial score (nSPS) is 22.3. The van der Waals surface area contributed by atoms with Gasteiger partial charge in [-0.15, -0.1) is 0 Å². The summed E-state index contributed by atoms with van der Waals surface area (Å²) in [5, 5.41) is 2.69. The largest absolute Gasteiger partial charge is 0.379 e. The molecule has 2 fully saturated rings. The van der Waals surface area contributed by atoms with E-state index in [1.54, 1.807) is 0 Å². The Morgan fingerprint density at radius 2 is 1.73 bits per heavy atom. The molecule has 1 N–H and O–H groups in total. The zero-order valence-corrected chi connectivity index (χ0v) is 14.6. The molecule has 1 amide bonds. The number of carbonyl (C=O) groups excluding carboxylic acids is 1. The molecule has 1 aromatic carbocycles. The lowest BCUT2D eigenvalue weighted by atomic mass is 10.0. The summed E-state index contributed by atoms with van der Waals surface area (Å²) < 4.78 is 45.8. The van der Waals surface area contributed by atoms with Crippen LogP contribution in [0.25, 0.3) is 0 Å². The maximum Gasteiger partial charge on any atom is 0.257 e. The average Bonchev–Trinajstić information content (AvgIpc) is 2.60. The van der Waals surface area contributed by atoms with E-state index in [2.05, 4.69) is 15.1 Å². The van der Waals surface area contributed by atoms with Crippen molar-refractivity contribution in [1.82, 2.24) is 15.1 Å². The van der Waals surface area contributed by atoms with E-state index in [0.29, 0.717) is 18.7 Å². The Morgan fingerprint density at radius 3 is 2.42 bits per heavy atom. The first-order valence-electron chi connectivity index (χ1n) is 9.01. The molecule has 2 aliphatic rings. The number of morpholine rings is 1. The number of piperidine rings is 1. The van der Waals surface area contributed by atoms with Gasteiger partial charge in [0.05, 0.1) is 13.2 Å². The number of likely N-dealkylation sites (tertiary alicyclic amines) is 1. The first kappa shape index (κ1) is 19.1. The molecule has 0 aliphatic carbocycles. The summed E-state index contributed by atoms with van der Waals surface area (Å²) in [4.78, 5) is 16.8. The van der Waals surface area contributed by atoms with Crippen LogP contribution in [-0.2, 0) is 4.74 Å². The van der Waals surface area contributed by atoms with Crippen molar-refractivity contribution in [2.24, 2.45) is 0 Å². The highest BCUT2D eigenvalue weighted by atomic mass is 19.1. The predicted octanol–water partition coefficient (Wildman–Crippen LogP) is 1.63. The molecule has 0 saturated carbocycles. The van der Waals surface area contributed by atoms with Gasteiger partial charge in [0.1, 0.15) is 23.0 Å². The molecular weight excluding hydrogens is 347 g/mol. The Labute approximate surface area is 151 Å². The van der Waals surface area contributed by atoms with Gasteiger partial charge in [-0.25, -0.2) is 13.2 Å². The lowest BCUT2D eigenvalue weighted by Crippen LogP contribution is -2.50. The van der Waals surface area contributed by atoms with Gasteiger partial charge >= 0.3 is 0 Å². The molecule has 3 rings (SSSR count). The summed E-state index contributed by atoms with van der Waals surface area (Å²) in [7, 11) is 0. The van der Waals surface area contributed by atoms with Gasteiger partial charge in [0.25, 0.3) is 5.91 Å². The van der Waals surface area contributed by atoms with Crippen LogP contribution in [-0.4, -0.2) is 74.2 Å². The Morgan fingerprint density at radius 1 is 1.08 bits per heavy atom. The van der Waals surface area contributed by atoms with E-state index < -0.39 is 28.9 Å². The van der Waals surface area contributed by atoms with Crippen molar-refractivity contribution in [3.05, 3.63) is 35.1 Å². The Hall–Kier alpha value is -1.64. The topological polar surface area (TPSA) is 44.8 Å². The van der Waals surface area contributed by atoms with E-state index in [9.17, 15) is 18.0 Å². The van der Waals surface area contributed by atoms with E-state index in [0.717, 1.165) is 58.8 Å². The summed E-state index contributed by atoms with van der Waals surface area (Å²) in [6, 6.07) is 0.867. The van der Waals surface area contributed by atoms with Crippen LogP contribution in [0.5, 0.6) is 0 Å². The molecule has 0 spiro atoms. The second-order valence-electron chi connectivity index (χ2n) is 6.81.